The molecule has 0 unspecified atom stereocenters. The van der Waals surface area contributed by atoms with Crippen molar-refractivity contribution in [3.05, 3.63) is 70.6 Å². The maximum atomic E-state index is 12.5. The zero-order valence-electron chi connectivity index (χ0n) is 13.1. The lowest BCUT2D eigenvalue weighted by molar-refractivity contribution is 0.0954. The van der Waals surface area contributed by atoms with Gasteiger partial charge in [0.15, 0.2) is 5.76 Å². The molecule has 6 heteroatoms. The smallest absolute Gasteiger partial charge is 0.257 e. The molecule has 5 nitrogen and oxygen atoms in total. The fourth-order valence-corrected chi connectivity index (χ4v) is 2.65. The Balaban J connectivity index is 1.70. The number of rotatable bonds is 5. The van der Waals surface area contributed by atoms with E-state index in [1.54, 1.807) is 31.5 Å². The van der Waals surface area contributed by atoms with Gasteiger partial charge in [0.2, 0.25) is 0 Å². The Kier molecular flexibility index (Phi) is 4.91. The molecule has 24 heavy (non-hydrogen) atoms. The van der Waals surface area contributed by atoms with Crippen LogP contribution in [0.2, 0.25) is 5.02 Å². The number of carbonyl (C=O) groups excluding carboxylic acids is 1. The molecule has 1 aromatic carbocycles. The van der Waals surface area contributed by atoms with Crippen molar-refractivity contribution in [2.24, 2.45) is 0 Å². The van der Waals surface area contributed by atoms with Crippen molar-refractivity contribution < 1.29 is 9.32 Å². The van der Waals surface area contributed by atoms with Crippen molar-refractivity contribution in [2.75, 3.05) is 6.54 Å². The van der Waals surface area contributed by atoms with Gasteiger partial charge in [-0.1, -0.05) is 28.9 Å². The van der Waals surface area contributed by atoms with Crippen LogP contribution in [0.4, 0.5) is 0 Å². The van der Waals surface area contributed by atoms with Crippen LogP contribution in [-0.4, -0.2) is 22.6 Å². The number of amides is 1. The summed E-state index contributed by atoms with van der Waals surface area (Å²) in [6, 6.07) is 11.1. The fraction of sp³-hybridized carbons (Fsp3) is 0.167. The van der Waals surface area contributed by atoms with Crippen LogP contribution in [0.1, 0.15) is 21.6 Å². The molecular formula is C18H16ClN3O2. The standard InChI is InChI=1S/C18H16ClN3O2/c1-12-16(17(24-22-12)14-6-8-20-9-7-14)18(23)21-10-5-13-3-2-4-15(19)11-13/h2-4,6-9,11H,5,10H2,1H3,(H,21,23). The van der Waals surface area contributed by atoms with Crippen LogP contribution in [0.15, 0.2) is 53.3 Å². The number of halogens is 1. The van der Waals surface area contributed by atoms with Gasteiger partial charge in [-0.25, -0.2) is 0 Å². The molecule has 0 atom stereocenters. The average molecular weight is 342 g/mol. The molecule has 122 valence electrons. The summed E-state index contributed by atoms with van der Waals surface area (Å²) in [6.45, 7) is 2.25. The molecule has 0 bridgehead atoms. The van der Waals surface area contributed by atoms with Crippen molar-refractivity contribution in [1.29, 1.82) is 0 Å². The Bertz CT molecular complexity index is 846. The number of benzene rings is 1. The van der Waals surface area contributed by atoms with Gasteiger partial charge < -0.3 is 9.84 Å². The maximum Gasteiger partial charge on any atom is 0.257 e. The number of nitrogens with zero attached hydrogens (tertiary/aromatic N) is 2. The summed E-state index contributed by atoms with van der Waals surface area (Å²) in [4.78, 5) is 16.5. The third-order valence-corrected chi connectivity index (χ3v) is 3.86. The van der Waals surface area contributed by atoms with Gasteiger partial charge in [-0.15, -0.1) is 0 Å². The van der Waals surface area contributed by atoms with E-state index in [0.29, 0.717) is 35.0 Å². The molecule has 0 radical (unpaired) electrons. The summed E-state index contributed by atoms with van der Waals surface area (Å²) in [5.74, 6) is 0.248. The lowest BCUT2D eigenvalue weighted by Gasteiger charge is -2.06. The maximum absolute atomic E-state index is 12.5. The van der Waals surface area contributed by atoms with Gasteiger partial charge in [-0.2, -0.15) is 0 Å². The lowest BCUT2D eigenvalue weighted by Crippen LogP contribution is -2.26. The Hall–Kier alpha value is -2.66. The molecule has 0 aliphatic rings. The molecule has 3 rings (SSSR count). The quantitative estimate of drug-likeness (QED) is 0.768. The van der Waals surface area contributed by atoms with Gasteiger partial charge in [-0.3, -0.25) is 9.78 Å². The summed E-state index contributed by atoms with van der Waals surface area (Å²) in [5, 5.41) is 7.51. The van der Waals surface area contributed by atoms with Crippen molar-refractivity contribution in [3.8, 4) is 11.3 Å². The van der Waals surface area contributed by atoms with Gasteiger partial charge in [0.1, 0.15) is 5.56 Å². The lowest BCUT2D eigenvalue weighted by atomic mass is 10.1. The molecule has 2 aromatic heterocycles. The number of carbonyl (C=O) groups is 1. The van der Waals surface area contributed by atoms with Crippen LogP contribution >= 0.6 is 11.6 Å². The number of hydrogen-bond donors (Lipinski definition) is 1. The highest BCUT2D eigenvalue weighted by Gasteiger charge is 2.21. The molecule has 0 saturated heterocycles. The second-order valence-electron chi connectivity index (χ2n) is 5.34. The van der Waals surface area contributed by atoms with E-state index in [4.69, 9.17) is 16.1 Å². The highest BCUT2D eigenvalue weighted by atomic mass is 35.5. The molecule has 0 fully saturated rings. The van der Waals surface area contributed by atoms with Crippen molar-refractivity contribution >= 4 is 17.5 Å². The van der Waals surface area contributed by atoms with E-state index in [-0.39, 0.29) is 5.91 Å². The van der Waals surface area contributed by atoms with Gasteiger partial charge in [-0.05, 0) is 43.2 Å². The van der Waals surface area contributed by atoms with Gasteiger partial charge in [0, 0.05) is 29.5 Å². The average Bonchev–Trinajstić information content (AvgIpc) is 2.97. The largest absolute Gasteiger partial charge is 0.355 e. The van der Waals surface area contributed by atoms with E-state index >= 15 is 0 Å². The fourth-order valence-electron chi connectivity index (χ4n) is 2.44. The van der Waals surface area contributed by atoms with Crippen LogP contribution in [0, 0.1) is 6.92 Å². The summed E-state index contributed by atoms with van der Waals surface area (Å²) in [5.41, 5.74) is 2.85. The molecule has 2 heterocycles. The Morgan fingerprint density at radius 3 is 2.79 bits per heavy atom. The first kappa shape index (κ1) is 16.2. The summed E-state index contributed by atoms with van der Waals surface area (Å²) in [7, 11) is 0. The number of nitrogens with one attached hydrogen (secondary N) is 1. The SMILES string of the molecule is Cc1noc(-c2ccncc2)c1C(=O)NCCc1cccc(Cl)c1. The second-order valence-corrected chi connectivity index (χ2v) is 5.78. The van der Waals surface area contributed by atoms with Crippen LogP contribution in [0.5, 0.6) is 0 Å². The molecule has 3 aromatic rings. The second kappa shape index (κ2) is 7.27. The van der Waals surface area contributed by atoms with E-state index in [1.807, 2.05) is 24.3 Å². The molecule has 0 aliphatic heterocycles. The molecule has 0 aliphatic carbocycles. The highest BCUT2D eigenvalue weighted by molar-refractivity contribution is 6.30. The highest BCUT2D eigenvalue weighted by Crippen LogP contribution is 2.25. The van der Waals surface area contributed by atoms with E-state index in [1.165, 1.54) is 0 Å². The Labute approximate surface area is 144 Å². The normalized spacial score (nSPS) is 10.6. The van der Waals surface area contributed by atoms with Crippen molar-refractivity contribution in [2.45, 2.75) is 13.3 Å². The van der Waals surface area contributed by atoms with Gasteiger partial charge in [0.25, 0.3) is 5.91 Å². The van der Waals surface area contributed by atoms with E-state index in [9.17, 15) is 4.79 Å². The van der Waals surface area contributed by atoms with Crippen molar-refractivity contribution in [3.63, 3.8) is 0 Å². The summed E-state index contributed by atoms with van der Waals surface area (Å²) < 4.78 is 5.33. The molecular weight excluding hydrogens is 326 g/mol. The third kappa shape index (κ3) is 3.63. The minimum absolute atomic E-state index is 0.206. The molecule has 1 N–H and O–H groups in total. The summed E-state index contributed by atoms with van der Waals surface area (Å²) >= 11 is 5.96. The minimum atomic E-state index is -0.206. The number of pyridine rings is 1. The number of aryl methyl sites for hydroxylation is 1. The van der Waals surface area contributed by atoms with Crippen LogP contribution in [0.25, 0.3) is 11.3 Å². The predicted molar refractivity (Wildman–Crippen MR) is 92.0 cm³/mol. The third-order valence-electron chi connectivity index (χ3n) is 3.62. The first-order valence-corrected chi connectivity index (χ1v) is 7.92. The summed E-state index contributed by atoms with van der Waals surface area (Å²) in [6.07, 6.45) is 3.99. The van der Waals surface area contributed by atoms with Crippen molar-refractivity contribution in [1.82, 2.24) is 15.5 Å². The number of hydrogen-bond acceptors (Lipinski definition) is 4. The first-order valence-electron chi connectivity index (χ1n) is 7.54. The van der Waals surface area contributed by atoms with Crippen LogP contribution < -0.4 is 5.32 Å². The zero-order chi connectivity index (χ0) is 16.9. The van der Waals surface area contributed by atoms with Crippen LogP contribution in [-0.2, 0) is 6.42 Å². The Morgan fingerprint density at radius 2 is 2.04 bits per heavy atom. The van der Waals surface area contributed by atoms with Gasteiger partial charge >= 0.3 is 0 Å². The minimum Gasteiger partial charge on any atom is -0.355 e. The Morgan fingerprint density at radius 1 is 1.25 bits per heavy atom. The molecule has 0 spiro atoms. The van der Waals surface area contributed by atoms with E-state index in [0.717, 1.165) is 11.1 Å². The predicted octanol–water partition coefficient (Wildman–Crippen LogP) is 3.67. The van der Waals surface area contributed by atoms with Gasteiger partial charge in [0.05, 0.1) is 5.69 Å². The zero-order valence-corrected chi connectivity index (χ0v) is 13.9. The first-order chi connectivity index (χ1) is 11.6. The molecule has 1 amide bonds. The topological polar surface area (TPSA) is 68.0 Å². The van der Waals surface area contributed by atoms with E-state index < -0.39 is 0 Å². The number of aromatic nitrogens is 2. The monoisotopic (exact) mass is 341 g/mol. The molecule has 0 saturated carbocycles. The van der Waals surface area contributed by atoms with E-state index in [2.05, 4.69) is 15.5 Å². The van der Waals surface area contributed by atoms with Crippen LogP contribution in [0.3, 0.4) is 0 Å².